The predicted molar refractivity (Wildman–Crippen MR) is 103 cm³/mol. The van der Waals surface area contributed by atoms with Crippen molar-refractivity contribution in [2.45, 2.75) is 13.8 Å². The smallest absolute Gasteiger partial charge is 0.185 e. The second kappa shape index (κ2) is 7.67. The number of benzene rings is 2. The summed E-state index contributed by atoms with van der Waals surface area (Å²) >= 11 is 0. The van der Waals surface area contributed by atoms with Gasteiger partial charge in [-0.25, -0.2) is 14.1 Å². The van der Waals surface area contributed by atoms with Crippen LogP contribution in [0.1, 0.15) is 25.2 Å². The number of halogens is 1. The Morgan fingerprint density at radius 1 is 1.11 bits per heavy atom. The van der Waals surface area contributed by atoms with E-state index >= 15 is 0 Å². The van der Waals surface area contributed by atoms with Gasteiger partial charge in [0.2, 0.25) is 0 Å². The van der Waals surface area contributed by atoms with Crippen LogP contribution in [0, 0.1) is 17.1 Å². The number of phenolic OH excluding ortho intramolecular Hbond substituents is 1. The fourth-order valence-electron chi connectivity index (χ4n) is 2.49. The van der Waals surface area contributed by atoms with Crippen molar-refractivity contribution in [3.63, 3.8) is 0 Å². The number of aromatic hydroxyl groups is 1. The predicted octanol–water partition coefficient (Wildman–Crippen LogP) is 4.73. The highest BCUT2D eigenvalue weighted by molar-refractivity contribution is 5.73. The standard InChI is InChI=1S/C21H17FN4O/c1-14(2)18(13-23)26-20(12-9-15-7-10-16(22)11-8-15)24-21(25-26)17-5-3-4-6-19(17)27/h3-12,27H,1-2H3. The molecule has 134 valence electrons. The van der Waals surface area contributed by atoms with Crippen LogP contribution in [-0.2, 0) is 0 Å². The molecule has 2 aromatic carbocycles. The van der Waals surface area contributed by atoms with E-state index in [4.69, 9.17) is 0 Å². The lowest BCUT2D eigenvalue weighted by Crippen LogP contribution is -2.02. The highest BCUT2D eigenvalue weighted by Crippen LogP contribution is 2.27. The zero-order valence-corrected chi connectivity index (χ0v) is 14.9. The van der Waals surface area contributed by atoms with E-state index in [1.165, 1.54) is 16.8 Å². The molecule has 0 aliphatic rings. The Morgan fingerprint density at radius 3 is 2.44 bits per heavy atom. The van der Waals surface area contributed by atoms with Crippen molar-refractivity contribution in [3.05, 3.63) is 71.3 Å². The average Bonchev–Trinajstić information content (AvgIpc) is 3.05. The maximum atomic E-state index is 13.1. The molecule has 5 nitrogen and oxygen atoms in total. The lowest BCUT2D eigenvalue weighted by Gasteiger charge is -2.03. The van der Waals surface area contributed by atoms with Gasteiger partial charge in [0.25, 0.3) is 0 Å². The molecule has 1 N–H and O–H groups in total. The summed E-state index contributed by atoms with van der Waals surface area (Å²) in [7, 11) is 0. The number of rotatable bonds is 4. The maximum absolute atomic E-state index is 13.1. The van der Waals surface area contributed by atoms with Crippen LogP contribution in [0.25, 0.3) is 29.2 Å². The number of phenols is 1. The minimum atomic E-state index is -0.312. The summed E-state index contributed by atoms with van der Waals surface area (Å²) < 4.78 is 14.5. The Morgan fingerprint density at radius 2 is 1.81 bits per heavy atom. The van der Waals surface area contributed by atoms with Crippen LogP contribution in [0.2, 0.25) is 0 Å². The van der Waals surface area contributed by atoms with Gasteiger partial charge < -0.3 is 5.11 Å². The van der Waals surface area contributed by atoms with Gasteiger partial charge in [-0.1, -0.05) is 30.3 Å². The number of nitrogens with zero attached hydrogens (tertiary/aromatic N) is 4. The van der Waals surface area contributed by atoms with Crippen molar-refractivity contribution in [2.75, 3.05) is 0 Å². The van der Waals surface area contributed by atoms with Gasteiger partial charge in [0.15, 0.2) is 11.6 Å². The molecule has 3 aromatic rings. The van der Waals surface area contributed by atoms with Crippen LogP contribution < -0.4 is 0 Å². The van der Waals surface area contributed by atoms with Crippen LogP contribution in [0.5, 0.6) is 5.75 Å². The van der Waals surface area contributed by atoms with E-state index in [1.54, 1.807) is 48.6 Å². The topological polar surface area (TPSA) is 74.7 Å². The summed E-state index contributed by atoms with van der Waals surface area (Å²) in [6.45, 7) is 3.63. The normalized spacial score (nSPS) is 10.7. The van der Waals surface area contributed by atoms with E-state index in [0.717, 1.165) is 11.1 Å². The minimum absolute atomic E-state index is 0.0550. The van der Waals surface area contributed by atoms with Gasteiger partial charge in [-0.3, -0.25) is 0 Å². The first-order chi connectivity index (χ1) is 13.0. The first-order valence-corrected chi connectivity index (χ1v) is 8.26. The molecule has 6 heteroatoms. The van der Waals surface area contributed by atoms with Crippen molar-refractivity contribution in [1.82, 2.24) is 14.8 Å². The molecular formula is C21H17FN4O. The molecule has 1 heterocycles. The average molecular weight is 360 g/mol. The second-order valence-electron chi connectivity index (χ2n) is 6.07. The summed E-state index contributed by atoms with van der Waals surface area (Å²) in [6, 6.07) is 14.9. The SMILES string of the molecule is CC(C)=C(C#N)n1nc(-c2ccccc2O)nc1C=Cc1ccc(F)cc1. The van der Waals surface area contributed by atoms with Crippen molar-refractivity contribution >= 4 is 17.8 Å². The molecular weight excluding hydrogens is 343 g/mol. The van der Waals surface area contributed by atoms with Crippen molar-refractivity contribution in [1.29, 1.82) is 5.26 Å². The van der Waals surface area contributed by atoms with Crippen LogP contribution in [0.15, 0.2) is 54.1 Å². The van der Waals surface area contributed by atoms with Gasteiger partial charge in [0, 0.05) is 0 Å². The van der Waals surface area contributed by atoms with Crippen LogP contribution >= 0.6 is 0 Å². The lowest BCUT2D eigenvalue weighted by atomic mass is 10.2. The Bertz CT molecular complexity index is 1070. The van der Waals surface area contributed by atoms with Gasteiger partial charge in [-0.05, 0) is 55.3 Å². The van der Waals surface area contributed by atoms with E-state index in [2.05, 4.69) is 16.2 Å². The molecule has 0 bridgehead atoms. The molecule has 0 unspecified atom stereocenters. The van der Waals surface area contributed by atoms with Crippen LogP contribution in [-0.4, -0.2) is 19.9 Å². The van der Waals surface area contributed by atoms with Gasteiger partial charge in [-0.2, -0.15) is 5.26 Å². The molecule has 0 fully saturated rings. The molecule has 0 saturated heterocycles. The van der Waals surface area contributed by atoms with E-state index in [1.807, 2.05) is 13.8 Å². The van der Waals surface area contributed by atoms with Gasteiger partial charge in [0.05, 0.1) is 5.56 Å². The molecule has 0 spiro atoms. The highest BCUT2D eigenvalue weighted by atomic mass is 19.1. The largest absolute Gasteiger partial charge is 0.507 e. The molecule has 0 aliphatic heterocycles. The Hall–Kier alpha value is -3.72. The monoisotopic (exact) mass is 360 g/mol. The fraction of sp³-hybridized carbons (Fsp3) is 0.0952. The lowest BCUT2D eigenvalue weighted by molar-refractivity contribution is 0.477. The maximum Gasteiger partial charge on any atom is 0.185 e. The molecule has 0 radical (unpaired) electrons. The first-order valence-electron chi connectivity index (χ1n) is 8.26. The summed E-state index contributed by atoms with van der Waals surface area (Å²) in [5.74, 6) is 0.476. The fourth-order valence-corrected chi connectivity index (χ4v) is 2.49. The van der Waals surface area contributed by atoms with Crippen LogP contribution in [0.3, 0.4) is 0 Å². The highest BCUT2D eigenvalue weighted by Gasteiger charge is 2.16. The Balaban J connectivity index is 2.11. The molecule has 3 rings (SSSR count). The van der Waals surface area contributed by atoms with E-state index in [-0.39, 0.29) is 11.6 Å². The van der Waals surface area contributed by atoms with Crippen molar-refractivity contribution < 1.29 is 9.50 Å². The van der Waals surface area contributed by atoms with E-state index in [9.17, 15) is 14.8 Å². The third-order valence-electron chi connectivity index (χ3n) is 3.86. The molecule has 0 amide bonds. The molecule has 0 aliphatic carbocycles. The number of hydrogen-bond donors (Lipinski definition) is 1. The van der Waals surface area contributed by atoms with Crippen molar-refractivity contribution in [2.24, 2.45) is 0 Å². The van der Waals surface area contributed by atoms with Gasteiger partial charge in [0.1, 0.15) is 23.3 Å². The Labute approximate surface area is 156 Å². The molecule has 0 saturated carbocycles. The zero-order chi connectivity index (χ0) is 19.4. The van der Waals surface area contributed by atoms with Gasteiger partial charge in [-0.15, -0.1) is 5.10 Å². The summed E-state index contributed by atoms with van der Waals surface area (Å²) in [4.78, 5) is 4.47. The van der Waals surface area contributed by atoms with Crippen molar-refractivity contribution in [3.8, 4) is 23.2 Å². The molecule has 27 heavy (non-hydrogen) atoms. The number of aromatic nitrogens is 3. The zero-order valence-electron chi connectivity index (χ0n) is 14.9. The quantitative estimate of drug-likeness (QED) is 0.682. The minimum Gasteiger partial charge on any atom is -0.507 e. The molecule has 0 atom stereocenters. The first kappa shape index (κ1) is 18.1. The molecule has 1 aromatic heterocycles. The summed E-state index contributed by atoms with van der Waals surface area (Å²) in [5.41, 5.74) is 2.38. The third kappa shape index (κ3) is 3.93. The number of allylic oxidation sites excluding steroid dienone is 2. The number of para-hydroxylation sites is 1. The summed E-state index contributed by atoms with van der Waals surface area (Å²) in [6.07, 6.45) is 3.46. The third-order valence-corrected chi connectivity index (χ3v) is 3.86. The van der Waals surface area contributed by atoms with Crippen LogP contribution in [0.4, 0.5) is 4.39 Å². The second-order valence-corrected chi connectivity index (χ2v) is 6.07. The number of hydrogen-bond acceptors (Lipinski definition) is 4. The summed E-state index contributed by atoms with van der Waals surface area (Å²) in [5, 5.41) is 24.0. The van der Waals surface area contributed by atoms with E-state index < -0.39 is 0 Å². The van der Waals surface area contributed by atoms with Gasteiger partial charge >= 0.3 is 0 Å². The van der Waals surface area contributed by atoms with E-state index in [0.29, 0.717) is 22.9 Å². The Kier molecular flexibility index (Phi) is 5.13. The number of nitriles is 1.